The molecule has 0 unspecified atom stereocenters. The molecule has 0 aromatic carbocycles. The summed E-state index contributed by atoms with van der Waals surface area (Å²) in [6.45, 7) is 10.1. The number of aliphatic hydroxyl groups is 1. The molecule has 8 nitrogen and oxygen atoms in total. The Hall–Kier alpha value is -2.22. The molecule has 1 N–H and O–H groups in total. The highest BCUT2D eigenvalue weighted by Crippen LogP contribution is 2.19. The lowest BCUT2D eigenvalue weighted by molar-refractivity contribution is 0.0429. The first-order valence-corrected chi connectivity index (χ1v) is 7.61. The maximum atomic E-state index is 12.4. The van der Waals surface area contributed by atoms with Gasteiger partial charge in [-0.3, -0.25) is 4.98 Å². The van der Waals surface area contributed by atoms with Crippen LogP contribution in [-0.2, 0) is 15.9 Å². The van der Waals surface area contributed by atoms with Crippen molar-refractivity contribution in [1.29, 1.82) is 0 Å². The summed E-state index contributed by atoms with van der Waals surface area (Å²) < 4.78 is 10.5. The van der Waals surface area contributed by atoms with Crippen LogP contribution < -0.4 is 4.90 Å². The molecule has 0 aliphatic heterocycles. The molecule has 0 aliphatic rings. The third kappa shape index (κ3) is 6.49. The number of carbonyl (C=O) groups is 2. The summed E-state index contributed by atoms with van der Waals surface area (Å²) in [5.74, 6) is -0.0137. The van der Waals surface area contributed by atoms with Crippen molar-refractivity contribution in [1.82, 2.24) is 9.97 Å². The van der Waals surface area contributed by atoms with Crippen LogP contribution in [0, 0.1) is 0 Å². The molecule has 0 radical (unpaired) electrons. The largest absolute Gasteiger partial charge is 0.443 e. The third-order valence-corrected chi connectivity index (χ3v) is 2.44. The van der Waals surface area contributed by atoms with Gasteiger partial charge in [0.1, 0.15) is 11.2 Å². The van der Waals surface area contributed by atoms with E-state index in [1.54, 1.807) is 41.5 Å². The van der Waals surface area contributed by atoms with Gasteiger partial charge in [-0.1, -0.05) is 0 Å². The van der Waals surface area contributed by atoms with E-state index in [1.165, 1.54) is 12.4 Å². The van der Waals surface area contributed by atoms with Gasteiger partial charge in [0.05, 0.1) is 18.1 Å². The first-order valence-electron chi connectivity index (χ1n) is 7.61. The summed E-state index contributed by atoms with van der Waals surface area (Å²) >= 11 is 0. The fourth-order valence-corrected chi connectivity index (χ4v) is 1.58. The molecule has 0 bridgehead atoms. The lowest BCUT2D eigenvalue weighted by atomic mass is 10.2. The number of aliphatic hydroxyl groups excluding tert-OH is 1. The molecule has 0 aliphatic carbocycles. The van der Waals surface area contributed by atoms with E-state index in [-0.39, 0.29) is 12.4 Å². The molecular weight excluding hydrogens is 314 g/mol. The van der Waals surface area contributed by atoms with Gasteiger partial charge in [-0.25, -0.2) is 14.6 Å². The van der Waals surface area contributed by atoms with Crippen molar-refractivity contribution >= 4 is 18.0 Å². The second-order valence-corrected chi connectivity index (χ2v) is 7.14. The summed E-state index contributed by atoms with van der Waals surface area (Å²) in [6.07, 6.45) is 1.17. The molecule has 1 heterocycles. The number of hydrogen-bond donors (Lipinski definition) is 1. The van der Waals surface area contributed by atoms with Crippen LogP contribution in [0.25, 0.3) is 0 Å². The maximum Gasteiger partial charge on any atom is 0.425 e. The predicted molar refractivity (Wildman–Crippen MR) is 87.8 cm³/mol. The number of amides is 2. The normalized spacial score (nSPS) is 11.8. The van der Waals surface area contributed by atoms with Crippen LogP contribution in [0.2, 0.25) is 0 Å². The molecule has 1 aromatic rings. The van der Waals surface area contributed by atoms with E-state index in [2.05, 4.69) is 9.97 Å². The smallest absolute Gasteiger partial charge is 0.425 e. The lowest BCUT2D eigenvalue weighted by Gasteiger charge is -2.27. The van der Waals surface area contributed by atoms with Crippen LogP contribution in [-0.4, -0.2) is 45.1 Å². The zero-order chi connectivity index (χ0) is 18.5. The third-order valence-electron chi connectivity index (χ3n) is 2.44. The topological polar surface area (TPSA) is 102 Å². The highest BCUT2D eigenvalue weighted by molar-refractivity contribution is 6.08. The molecule has 0 spiro atoms. The Morgan fingerprint density at radius 3 is 1.83 bits per heavy atom. The van der Waals surface area contributed by atoms with E-state index < -0.39 is 23.4 Å². The van der Waals surface area contributed by atoms with Crippen LogP contribution in [0.1, 0.15) is 47.2 Å². The number of hydrogen-bond acceptors (Lipinski definition) is 7. The number of rotatable bonds is 3. The van der Waals surface area contributed by atoms with Crippen LogP contribution in [0.15, 0.2) is 12.4 Å². The van der Waals surface area contributed by atoms with Gasteiger partial charge in [0, 0.05) is 13.0 Å². The molecule has 134 valence electrons. The van der Waals surface area contributed by atoms with E-state index in [0.29, 0.717) is 17.0 Å². The van der Waals surface area contributed by atoms with E-state index in [1.807, 2.05) is 0 Å². The monoisotopic (exact) mass is 339 g/mol. The Bertz CT molecular complexity index is 545. The van der Waals surface area contributed by atoms with Gasteiger partial charge < -0.3 is 14.6 Å². The Morgan fingerprint density at radius 2 is 1.50 bits per heavy atom. The van der Waals surface area contributed by atoms with Gasteiger partial charge in [-0.2, -0.15) is 4.90 Å². The van der Waals surface area contributed by atoms with E-state index >= 15 is 0 Å². The Labute approximate surface area is 141 Å². The van der Waals surface area contributed by atoms with Gasteiger partial charge >= 0.3 is 12.2 Å². The maximum absolute atomic E-state index is 12.4. The van der Waals surface area contributed by atoms with Crippen molar-refractivity contribution in [3.8, 4) is 0 Å². The minimum absolute atomic E-state index is 0.0137. The Morgan fingerprint density at radius 1 is 1.00 bits per heavy atom. The summed E-state index contributed by atoms with van der Waals surface area (Å²) in [5, 5.41) is 8.90. The number of carbonyl (C=O) groups excluding carboxylic acids is 2. The van der Waals surface area contributed by atoms with E-state index in [0.717, 1.165) is 0 Å². The molecule has 8 heteroatoms. The van der Waals surface area contributed by atoms with Crippen LogP contribution in [0.5, 0.6) is 0 Å². The molecule has 1 rings (SSSR count). The summed E-state index contributed by atoms with van der Waals surface area (Å²) in [4.78, 5) is 33.6. The average molecular weight is 339 g/mol. The summed E-state index contributed by atoms with van der Waals surface area (Å²) in [7, 11) is 0. The summed E-state index contributed by atoms with van der Waals surface area (Å²) in [6, 6.07) is 0. The minimum atomic E-state index is -0.902. The van der Waals surface area contributed by atoms with Crippen molar-refractivity contribution in [2.45, 2.75) is 59.2 Å². The zero-order valence-electron chi connectivity index (χ0n) is 15.0. The summed E-state index contributed by atoms with van der Waals surface area (Å²) in [5.41, 5.74) is -1.04. The molecule has 24 heavy (non-hydrogen) atoms. The fraction of sp³-hybridized carbons (Fsp3) is 0.625. The first-order chi connectivity index (χ1) is 10.9. The highest BCUT2D eigenvalue weighted by Gasteiger charge is 2.33. The lowest BCUT2D eigenvalue weighted by Crippen LogP contribution is -2.44. The Kier molecular flexibility index (Phi) is 6.25. The van der Waals surface area contributed by atoms with Crippen LogP contribution in [0.4, 0.5) is 15.4 Å². The van der Waals surface area contributed by atoms with Crippen molar-refractivity contribution in [3.63, 3.8) is 0 Å². The van der Waals surface area contributed by atoms with Crippen molar-refractivity contribution in [3.05, 3.63) is 18.1 Å². The van der Waals surface area contributed by atoms with Crippen molar-refractivity contribution in [2.75, 3.05) is 11.5 Å². The zero-order valence-corrected chi connectivity index (χ0v) is 15.0. The number of imide groups is 1. The number of nitrogens with zero attached hydrogens (tertiary/aromatic N) is 3. The quantitative estimate of drug-likeness (QED) is 0.903. The molecule has 0 saturated carbocycles. The van der Waals surface area contributed by atoms with Crippen molar-refractivity contribution in [2.24, 2.45) is 0 Å². The SMILES string of the molecule is CC(C)(C)OC(=O)N(C(=O)OC(C)(C)C)c1cnc(CCO)cn1. The second-order valence-electron chi connectivity index (χ2n) is 7.14. The number of aromatic nitrogens is 2. The molecular formula is C16H25N3O5. The number of ether oxygens (including phenoxy) is 2. The molecule has 1 aromatic heterocycles. The highest BCUT2D eigenvalue weighted by atomic mass is 16.6. The van der Waals surface area contributed by atoms with Gasteiger partial charge in [-0.15, -0.1) is 0 Å². The molecule has 0 saturated heterocycles. The standard InChI is InChI=1S/C16H25N3O5/c1-15(2,3)23-13(21)19(14(22)24-16(4,5)6)12-10-17-11(7-8-20)9-18-12/h9-10,20H,7-8H2,1-6H3. The van der Waals surface area contributed by atoms with Gasteiger partial charge in [0.15, 0.2) is 5.82 Å². The fourth-order valence-electron chi connectivity index (χ4n) is 1.58. The Balaban J connectivity index is 3.12. The number of anilines is 1. The minimum Gasteiger partial charge on any atom is -0.443 e. The molecule has 2 amide bonds. The van der Waals surface area contributed by atoms with E-state index in [9.17, 15) is 9.59 Å². The average Bonchev–Trinajstić information content (AvgIpc) is 2.37. The van der Waals surface area contributed by atoms with Gasteiger partial charge in [0.2, 0.25) is 0 Å². The van der Waals surface area contributed by atoms with Crippen LogP contribution in [0.3, 0.4) is 0 Å². The molecule has 0 atom stereocenters. The molecule has 0 fully saturated rings. The van der Waals surface area contributed by atoms with Crippen molar-refractivity contribution < 1.29 is 24.2 Å². The van der Waals surface area contributed by atoms with Crippen LogP contribution >= 0.6 is 0 Å². The predicted octanol–water partition coefficient (Wildman–Crippen LogP) is 2.69. The van der Waals surface area contributed by atoms with Gasteiger partial charge in [0.25, 0.3) is 0 Å². The second kappa shape index (κ2) is 7.57. The van der Waals surface area contributed by atoms with E-state index in [4.69, 9.17) is 14.6 Å². The van der Waals surface area contributed by atoms with Gasteiger partial charge in [-0.05, 0) is 41.5 Å². The first kappa shape index (κ1) is 19.8.